The molecule has 1 aliphatic heterocycles. The van der Waals surface area contributed by atoms with E-state index in [4.69, 9.17) is 4.74 Å². The van der Waals surface area contributed by atoms with Gasteiger partial charge in [0.05, 0.1) is 11.5 Å². The summed E-state index contributed by atoms with van der Waals surface area (Å²) in [5, 5.41) is 0.444. The maximum Gasteiger partial charge on any atom is 0.268 e. The van der Waals surface area contributed by atoms with Gasteiger partial charge in [0.25, 0.3) is 5.91 Å². The second kappa shape index (κ2) is 6.78. The number of hydrogen-bond donors (Lipinski definition) is 0. The minimum Gasteiger partial charge on any atom is -0.380 e. The predicted molar refractivity (Wildman–Crippen MR) is 98.9 cm³/mol. The molecular weight excluding hydrogens is 356 g/mol. The molecule has 2 aromatic carbocycles. The lowest BCUT2D eigenvalue weighted by Crippen LogP contribution is -2.35. The third-order valence-corrected chi connectivity index (χ3v) is 5.84. The fourth-order valence-corrected chi connectivity index (χ4v) is 4.69. The maximum absolute atomic E-state index is 14.4. The van der Waals surface area contributed by atoms with Gasteiger partial charge in [-0.25, -0.2) is 8.78 Å². The van der Waals surface area contributed by atoms with Crippen LogP contribution in [0, 0.1) is 11.6 Å². The molecule has 0 saturated heterocycles. The van der Waals surface area contributed by atoms with Gasteiger partial charge in [0.2, 0.25) is 0 Å². The zero-order valence-corrected chi connectivity index (χ0v) is 15.0. The molecule has 0 fully saturated rings. The standard InChI is InChI=1S/C20H17F2NO2S/c1-25-11-14-18-15(22)5-2-6-17(18)26-19(14)20(24)23-9-3-4-12-10-13(21)7-8-16(12)23/h2,5-8,10H,3-4,9,11H2,1H3. The summed E-state index contributed by atoms with van der Waals surface area (Å²) >= 11 is 1.27. The summed E-state index contributed by atoms with van der Waals surface area (Å²) in [6, 6.07) is 9.32. The van der Waals surface area contributed by atoms with E-state index in [9.17, 15) is 13.6 Å². The van der Waals surface area contributed by atoms with Crippen LogP contribution < -0.4 is 4.90 Å². The molecule has 1 aromatic heterocycles. The molecule has 4 rings (SSSR count). The van der Waals surface area contributed by atoms with Crippen molar-refractivity contribution in [3.05, 3.63) is 64.0 Å². The van der Waals surface area contributed by atoms with Crippen molar-refractivity contribution in [1.29, 1.82) is 0 Å². The average molecular weight is 373 g/mol. The summed E-state index contributed by atoms with van der Waals surface area (Å²) < 4.78 is 33.8. The zero-order chi connectivity index (χ0) is 18.3. The topological polar surface area (TPSA) is 29.5 Å². The third-order valence-electron chi connectivity index (χ3n) is 4.65. The molecule has 26 heavy (non-hydrogen) atoms. The Bertz CT molecular complexity index is 999. The number of anilines is 1. The highest BCUT2D eigenvalue weighted by Crippen LogP contribution is 2.37. The van der Waals surface area contributed by atoms with E-state index in [1.165, 1.54) is 36.6 Å². The van der Waals surface area contributed by atoms with Gasteiger partial charge in [-0.3, -0.25) is 4.79 Å². The van der Waals surface area contributed by atoms with Crippen molar-refractivity contribution in [3.8, 4) is 0 Å². The van der Waals surface area contributed by atoms with Gasteiger partial charge in [-0.15, -0.1) is 11.3 Å². The summed E-state index contributed by atoms with van der Waals surface area (Å²) in [6.07, 6.45) is 1.50. The highest BCUT2D eigenvalue weighted by atomic mass is 32.1. The first-order chi connectivity index (χ1) is 12.6. The molecule has 3 nitrogen and oxygen atoms in total. The Morgan fingerprint density at radius 3 is 2.92 bits per heavy atom. The summed E-state index contributed by atoms with van der Waals surface area (Å²) in [6.45, 7) is 0.715. The predicted octanol–water partition coefficient (Wildman–Crippen LogP) is 4.92. The third kappa shape index (κ3) is 2.79. The highest BCUT2D eigenvalue weighted by Gasteiger charge is 2.28. The first-order valence-electron chi connectivity index (χ1n) is 8.39. The molecule has 0 aliphatic carbocycles. The molecule has 0 saturated carbocycles. The van der Waals surface area contributed by atoms with Crippen LogP contribution in [0.2, 0.25) is 0 Å². The second-order valence-electron chi connectivity index (χ2n) is 6.29. The Labute approximate surface area is 153 Å². The van der Waals surface area contributed by atoms with Gasteiger partial charge in [-0.05, 0) is 48.7 Å². The van der Waals surface area contributed by atoms with Crippen molar-refractivity contribution >= 4 is 33.0 Å². The normalized spacial score (nSPS) is 13.9. The van der Waals surface area contributed by atoms with Crippen molar-refractivity contribution in [1.82, 2.24) is 0 Å². The number of carbonyl (C=O) groups excluding carboxylic acids is 1. The van der Waals surface area contributed by atoms with Gasteiger partial charge in [-0.1, -0.05) is 6.07 Å². The molecule has 2 heterocycles. The lowest BCUT2D eigenvalue weighted by molar-refractivity contribution is 0.0984. The van der Waals surface area contributed by atoms with Crippen molar-refractivity contribution in [3.63, 3.8) is 0 Å². The molecule has 0 bridgehead atoms. The SMILES string of the molecule is COCc1c(C(=O)N2CCCc3cc(F)ccc32)sc2cccc(F)c12. The van der Waals surface area contributed by atoms with Crippen molar-refractivity contribution in [2.45, 2.75) is 19.4 Å². The first kappa shape index (κ1) is 17.1. The van der Waals surface area contributed by atoms with Gasteiger partial charge in [0, 0.05) is 35.0 Å². The van der Waals surface area contributed by atoms with Crippen molar-refractivity contribution in [2.75, 3.05) is 18.6 Å². The van der Waals surface area contributed by atoms with Crippen LogP contribution in [-0.2, 0) is 17.8 Å². The van der Waals surface area contributed by atoms with E-state index in [0.29, 0.717) is 22.4 Å². The number of thiophene rings is 1. The fraction of sp³-hybridized carbons (Fsp3) is 0.250. The van der Waals surface area contributed by atoms with Crippen molar-refractivity contribution < 1.29 is 18.3 Å². The number of rotatable bonds is 3. The van der Waals surface area contributed by atoms with Crippen LogP contribution in [0.4, 0.5) is 14.5 Å². The number of benzene rings is 2. The lowest BCUT2D eigenvalue weighted by Gasteiger charge is -2.29. The molecular formula is C20H17F2NO2S. The molecule has 0 unspecified atom stereocenters. The van der Waals surface area contributed by atoms with E-state index in [0.717, 1.165) is 28.8 Å². The van der Waals surface area contributed by atoms with Gasteiger partial charge in [0.1, 0.15) is 11.6 Å². The molecule has 0 radical (unpaired) electrons. The monoisotopic (exact) mass is 373 g/mol. The summed E-state index contributed by atoms with van der Waals surface area (Å²) in [5.41, 5.74) is 2.12. The van der Waals surface area contributed by atoms with Gasteiger partial charge >= 0.3 is 0 Å². The number of fused-ring (bicyclic) bond motifs is 2. The molecule has 1 amide bonds. The van der Waals surface area contributed by atoms with Crippen LogP contribution in [0.5, 0.6) is 0 Å². The number of ether oxygens (including phenoxy) is 1. The number of nitrogens with zero attached hydrogens (tertiary/aromatic N) is 1. The Morgan fingerprint density at radius 1 is 1.27 bits per heavy atom. The van der Waals surface area contributed by atoms with Gasteiger partial charge in [-0.2, -0.15) is 0 Å². The average Bonchev–Trinajstić information content (AvgIpc) is 3.00. The fourth-order valence-electron chi connectivity index (χ4n) is 3.52. The van der Waals surface area contributed by atoms with Crippen LogP contribution in [0.1, 0.15) is 27.2 Å². The molecule has 1 aliphatic rings. The summed E-state index contributed by atoms with van der Waals surface area (Å²) in [4.78, 5) is 15.4. The largest absolute Gasteiger partial charge is 0.380 e. The number of amides is 1. The number of methoxy groups -OCH3 is 1. The van der Waals surface area contributed by atoms with Gasteiger partial charge in [0.15, 0.2) is 0 Å². The van der Waals surface area contributed by atoms with E-state index in [-0.39, 0.29) is 24.1 Å². The number of aryl methyl sites for hydroxylation is 1. The second-order valence-corrected chi connectivity index (χ2v) is 7.34. The van der Waals surface area contributed by atoms with Gasteiger partial charge < -0.3 is 9.64 Å². The van der Waals surface area contributed by atoms with E-state index in [1.807, 2.05) is 0 Å². The van der Waals surface area contributed by atoms with E-state index in [2.05, 4.69) is 0 Å². The molecule has 0 atom stereocenters. The maximum atomic E-state index is 14.4. The molecule has 3 aromatic rings. The lowest BCUT2D eigenvalue weighted by atomic mass is 10.0. The van der Waals surface area contributed by atoms with Crippen molar-refractivity contribution in [2.24, 2.45) is 0 Å². The molecule has 0 spiro atoms. The van der Waals surface area contributed by atoms with Crippen LogP contribution in [0.15, 0.2) is 36.4 Å². The van der Waals surface area contributed by atoms with E-state index >= 15 is 0 Å². The smallest absolute Gasteiger partial charge is 0.268 e. The Balaban J connectivity index is 1.83. The van der Waals surface area contributed by atoms with Crippen LogP contribution in [-0.4, -0.2) is 19.6 Å². The summed E-state index contributed by atoms with van der Waals surface area (Å²) in [7, 11) is 1.53. The molecule has 6 heteroatoms. The van der Waals surface area contributed by atoms with Crippen LogP contribution in [0.3, 0.4) is 0 Å². The number of halogens is 2. The Morgan fingerprint density at radius 2 is 2.12 bits per heavy atom. The minimum atomic E-state index is -0.356. The first-order valence-corrected chi connectivity index (χ1v) is 9.21. The molecule has 0 N–H and O–H groups in total. The number of hydrogen-bond acceptors (Lipinski definition) is 3. The minimum absolute atomic E-state index is 0.159. The van der Waals surface area contributed by atoms with Crippen LogP contribution in [0.25, 0.3) is 10.1 Å². The molecule has 134 valence electrons. The Hall–Kier alpha value is -2.31. The summed E-state index contributed by atoms with van der Waals surface area (Å²) in [5.74, 6) is -0.849. The van der Waals surface area contributed by atoms with E-state index < -0.39 is 0 Å². The quantitative estimate of drug-likeness (QED) is 0.652. The van der Waals surface area contributed by atoms with Crippen LogP contribution >= 0.6 is 11.3 Å². The van der Waals surface area contributed by atoms with E-state index in [1.54, 1.807) is 23.1 Å². The number of carbonyl (C=O) groups is 1. The Kier molecular flexibility index (Phi) is 4.46. The zero-order valence-electron chi connectivity index (χ0n) is 14.2. The highest BCUT2D eigenvalue weighted by molar-refractivity contribution is 7.21.